The average Bonchev–Trinajstić information content (AvgIpc) is 3.21. The number of hydrogen-bond acceptors (Lipinski definition) is 5. The van der Waals surface area contributed by atoms with Crippen LogP contribution >= 0.6 is 0 Å². The molecule has 3 fully saturated rings. The maximum atomic E-state index is 6.01. The number of likely N-dealkylation sites (N-methyl/N-ethyl adjacent to an activating group) is 1. The van der Waals surface area contributed by atoms with Crippen LogP contribution < -0.4 is 9.47 Å². The summed E-state index contributed by atoms with van der Waals surface area (Å²) >= 11 is 0. The molecule has 0 bridgehead atoms. The number of nitrogens with zero attached hydrogens (tertiary/aromatic N) is 1. The molecule has 0 N–H and O–H groups in total. The van der Waals surface area contributed by atoms with Gasteiger partial charge in [0.25, 0.3) is 0 Å². The fourth-order valence-corrected chi connectivity index (χ4v) is 4.96. The molecule has 4 rings (SSSR count). The van der Waals surface area contributed by atoms with E-state index in [4.69, 9.17) is 18.9 Å². The van der Waals surface area contributed by atoms with Crippen molar-refractivity contribution in [1.82, 2.24) is 4.90 Å². The van der Waals surface area contributed by atoms with Crippen molar-refractivity contribution in [2.75, 3.05) is 41.0 Å². The van der Waals surface area contributed by atoms with E-state index in [2.05, 4.69) is 24.1 Å². The predicted octanol–water partition coefficient (Wildman–Crippen LogP) is 2.57. The molecular weight excluding hydrogens is 306 g/mol. The summed E-state index contributed by atoms with van der Waals surface area (Å²) in [4.78, 5) is 2.47. The van der Waals surface area contributed by atoms with Gasteiger partial charge in [-0.3, -0.25) is 0 Å². The van der Waals surface area contributed by atoms with Gasteiger partial charge >= 0.3 is 0 Å². The maximum absolute atomic E-state index is 6.01. The van der Waals surface area contributed by atoms with Crippen molar-refractivity contribution in [3.63, 3.8) is 0 Å². The van der Waals surface area contributed by atoms with E-state index in [0.29, 0.717) is 6.04 Å². The average molecular weight is 333 g/mol. The molecule has 24 heavy (non-hydrogen) atoms. The second kappa shape index (κ2) is 5.90. The van der Waals surface area contributed by atoms with Crippen LogP contribution in [0, 0.1) is 0 Å². The van der Waals surface area contributed by atoms with Crippen LogP contribution in [0.5, 0.6) is 11.5 Å². The van der Waals surface area contributed by atoms with E-state index in [1.54, 1.807) is 14.2 Å². The molecule has 0 amide bonds. The number of methoxy groups -OCH3 is 2. The third-order valence-electron chi connectivity index (χ3n) is 6.31. The summed E-state index contributed by atoms with van der Waals surface area (Å²) in [7, 11) is 5.61. The van der Waals surface area contributed by atoms with Gasteiger partial charge in [0, 0.05) is 24.3 Å². The molecular formula is C19H27NO4. The Balaban J connectivity index is 1.70. The van der Waals surface area contributed by atoms with Gasteiger partial charge in [-0.1, -0.05) is 6.07 Å². The Morgan fingerprint density at radius 3 is 2.50 bits per heavy atom. The minimum absolute atomic E-state index is 0.148. The van der Waals surface area contributed by atoms with Gasteiger partial charge in [-0.05, 0) is 44.1 Å². The van der Waals surface area contributed by atoms with Crippen LogP contribution in [0.25, 0.3) is 0 Å². The molecule has 0 aromatic heterocycles. The molecule has 0 radical (unpaired) electrons. The van der Waals surface area contributed by atoms with Crippen LogP contribution in [0.4, 0.5) is 0 Å². The van der Waals surface area contributed by atoms with Gasteiger partial charge in [0.2, 0.25) is 0 Å². The molecule has 3 aliphatic rings. The fraction of sp³-hybridized carbons (Fsp3) is 0.684. The summed E-state index contributed by atoms with van der Waals surface area (Å²) in [5.41, 5.74) is 1.50. The van der Waals surface area contributed by atoms with E-state index < -0.39 is 0 Å². The summed E-state index contributed by atoms with van der Waals surface area (Å²) in [5, 5.41) is 0. The summed E-state index contributed by atoms with van der Waals surface area (Å²) in [6, 6.07) is 6.84. The Kier molecular flexibility index (Phi) is 3.98. The van der Waals surface area contributed by atoms with Crippen molar-refractivity contribution >= 4 is 0 Å². The Bertz CT molecular complexity index is 613. The molecule has 2 saturated heterocycles. The summed E-state index contributed by atoms with van der Waals surface area (Å²) in [6.45, 7) is 2.55. The van der Waals surface area contributed by atoms with Gasteiger partial charge in [-0.2, -0.15) is 0 Å². The minimum Gasteiger partial charge on any atom is -0.493 e. The summed E-state index contributed by atoms with van der Waals surface area (Å²) < 4.78 is 23.0. The Morgan fingerprint density at radius 1 is 1.04 bits per heavy atom. The smallest absolute Gasteiger partial charge is 0.170 e. The van der Waals surface area contributed by atoms with E-state index in [-0.39, 0.29) is 11.2 Å². The zero-order valence-corrected chi connectivity index (χ0v) is 14.8. The lowest BCUT2D eigenvalue weighted by molar-refractivity contribution is -0.194. The van der Waals surface area contributed by atoms with E-state index in [1.165, 1.54) is 12.0 Å². The summed E-state index contributed by atoms with van der Waals surface area (Å²) in [6.07, 6.45) is 4.15. The lowest BCUT2D eigenvalue weighted by Gasteiger charge is -2.47. The molecule has 5 nitrogen and oxygen atoms in total. The topological polar surface area (TPSA) is 40.2 Å². The SMILES string of the molecule is COc1ccc([C@]23CCN(C)[C@H]2CC2(CC3)OCCO2)cc1OC. The highest BCUT2D eigenvalue weighted by Crippen LogP contribution is 2.53. The molecule has 132 valence electrons. The number of likely N-dealkylation sites (tertiary alicyclic amines) is 1. The van der Waals surface area contributed by atoms with E-state index >= 15 is 0 Å². The lowest BCUT2D eigenvalue weighted by atomic mass is 9.64. The van der Waals surface area contributed by atoms with Crippen LogP contribution in [0.3, 0.4) is 0 Å². The molecule has 1 aliphatic carbocycles. The Morgan fingerprint density at radius 2 is 1.79 bits per heavy atom. The number of hydrogen-bond donors (Lipinski definition) is 0. The normalized spacial score (nSPS) is 32.0. The van der Waals surface area contributed by atoms with Crippen molar-refractivity contribution in [3.8, 4) is 11.5 Å². The zero-order chi connectivity index (χ0) is 16.8. The first-order valence-corrected chi connectivity index (χ1v) is 8.83. The molecule has 1 spiro atoms. The lowest BCUT2D eigenvalue weighted by Crippen LogP contribution is -2.52. The second-order valence-corrected chi connectivity index (χ2v) is 7.28. The van der Waals surface area contributed by atoms with Crippen LogP contribution in [-0.4, -0.2) is 57.8 Å². The molecule has 1 aromatic carbocycles. The van der Waals surface area contributed by atoms with E-state index in [0.717, 1.165) is 50.5 Å². The van der Waals surface area contributed by atoms with Crippen LogP contribution in [-0.2, 0) is 14.9 Å². The van der Waals surface area contributed by atoms with Gasteiger partial charge in [0.1, 0.15) is 0 Å². The molecule has 2 aliphatic heterocycles. The van der Waals surface area contributed by atoms with Gasteiger partial charge in [0.05, 0.1) is 27.4 Å². The van der Waals surface area contributed by atoms with Crippen molar-refractivity contribution in [2.45, 2.75) is 42.9 Å². The minimum atomic E-state index is -0.358. The molecule has 5 heteroatoms. The standard InChI is InChI=1S/C19H27NO4/c1-20-9-8-18(14-4-5-15(21-2)16(12-14)22-3)6-7-19(13-17(18)20)23-10-11-24-19/h4-5,12,17H,6-11,13H2,1-3H3/t17-,18-/m0/s1. The molecule has 1 saturated carbocycles. The van der Waals surface area contributed by atoms with Crippen LogP contribution in [0.15, 0.2) is 18.2 Å². The van der Waals surface area contributed by atoms with Gasteiger partial charge in [-0.25, -0.2) is 0 Å². The monoisotopic (exact) mass is 333 g/mol. The third-order valence-corrected chi connectivity index (χ3v) is 6.31. The quantitative estimate of drug-likeness (QED) is 0.850. The third kappa shape index (κ3) is 2.33. The molecule has 1 aromatic rings. The Hall–Kier alpha value is -1.30. The van der Waals surface area contributed by atoms with E-state index in [9.17, 15) is 0 Å². The molecule has 0 unspecified atom stereocenters. The number of ether oxygens (including phenoxy) is 4. The second-order valence-electron chi connectivity index (χ2n) is 7.28. The van der Waals surface area contributed by atoms with Gasteiger partial charge < -0.3 is 23.8 Å². The summed E-state index contributed by atoms with van der Waals surface area (Å²) in [5.74, 6) is 1.24. The first-order valence-electron chi connectivity index (χ1n) is 8.83. The van der Waals surface area contributed by atoms with Crippen molar-refractivity contribution < 1.29 is 18.9 Å². The molecule has 2 atom stereocenters. The predicted molar refractivity (Wildman–Crippen MR) is 90.7 cm³/mol. The largest absolute Gasteiger partial charge is 0.493 e. The first kappa shape index (κ1) is 16.2. The van der Waals surface area contributed by atoms with Crippen LogP contribution in [0.1, 0.15) is 31.2 Å². The number of benzene rings is 1. The van der Waals surface area contributed by atoms with Crippen LogP contribution in [0.2, 0.25) is 0 Å². The zero-order valence-electron chi connectivity index (χ0n) is 14.8. The molecule has 2 heterocycles. The van der Waals surface area contributed by atoms with Gasteiger partial charge in [0.15, 0.2) is 17.3 Å². The fourth-order valence-electron chi connectivity index (χ4n) is 4.96. The van der Waals surface area contributed by atoms with Crippen molar-refractivity contribution in [3.05, 3.63) is 23.8 Å². The van der Waals surface area contributed by atoms with Crippen molar-refractivity contribution in [1.29, 1.82) is 0 Å². The highest BCUT2D eigenvalue weighted by atomic mass is 16.7. The highest BCUT2D eigenvalue weighted by Gasteiger charge is 2.56. The number of fused-ring (bicyclic) bond motifs is 1. The Labute approximate surface area is 143 Å². The van der Waals surface area contributed by atoms with E-state index in [1.807, 2.05) is 6.07 Å². The maximum Gasteiger partial charge on any atom is 0.170 e. The highest BCUT2D eigenvalue weighted by molar-refractivity contribution is 5.46. The van der Waals surface area contributed by atoms with Crippen molar-refractivity contribution in [2.24, 2.45) is 0 Å². The van der Waals surface area contributed by atoms with Gasteiger partial charge in [-0.15, -0.1) is 0 Å². The first-order chi connectivity index (χ1) is 11.6. The number of rotatable bonds is 3.